The Morgan fingerprint density at radius 1 is 1.53 bits per heavy atom. The van der Waals surface area contributed by atoms with Gasteiger partial charge in [0, 0.05) is 13.2 Å². The molecule has 1 aliphatic heterocycles. The third kappa shape index (κ3) is 3.31. The molecule has 94 valence electrons. The zero-order chi connectivity index (χ0) is 12.1. The van der Waals surface area contributed by atoms with Gasteiger partial charge in [-0.3, -0.25) is 4.79 Å². The first kappa shape index (κ1) is 12.1. The van der Waals surface area contributed by atoms with Gasteiger partial charge in [-0.15, -0.1) is 0 Å². The molecule has 0 bridgehead atoms. The van der Waals surface area contributed by atoms with Gasteiger partial charge in [-0.1, -0.05) is 0 Å². The normalized spacial score (nSPS) is 18.9. The molecule has 0 spiro atoms. The fourth-order valence-corrected chi connectivity index (χ4v) is 1.99. The highest BCUT2D eigenvalue weighted by molar-refractivity contribution is 5.81. The van der Waals surface area contributed by atoms with Crippen LogP contribution >= 0.6 is 0 Å². The van der Waals surface area contributed by atoms with Crippen molar-refractivity contribution in [1.82, 2.24) is 5.32 Å². The molecule has 2 heterocycles. The van der Waals surface area contributed by atoms with Gasteiger partial charge in [0.05, 0.1) is 18.8 Å². The maximum absolute atomic E-state index is 11.8. The lowest BCUT2D eigenvalue weighted by Crippen LogP contribution is -2.46. The Hall–Kier alpha value is -1.33. The Labute approximate surface area is 100 Å². The highest BCUT2D eigenvalue weighted by Crippen LogP contribution is 2.17. The van der Waals surface area contributed by atoms with Crippen molar-refractivity contribution in [3.8, 4) is 0 Å². The second kappa shape index (κ2) is 5.84. The van der Waals surface area contributed by atoms with E-state index in [9.17, 15) is 4.79 Å². The van der Waals surface area contributed by atoms with E-state index in [-0.39, 0.29) is 11.8 Å². The average molecular weight is 238 g/mol. The summed E-state index contributed by atoms with van der Waals surface area (Å²) < 4.78 is 10.4. The number of nitrogens with one attached hydrogen (secondary N) is 1. The minimum Gasteiger partial charge on any atom is -0.467 e. The fourth-order valence-electron chi connectivity index (χ4n) is 1.99. The number of carbonyl (C=O) groups excluding carboxylic acids is 1. The fraction of sp³-hybridized carbons (Fsp3) is 0.583. The molecule has 5 heteroatoms. The summed E-state index contributed by atoms with van der Waals surface area (Å²) in [4.78, 5) is 11.8. The number of nitrogens with two attached hydrogens (primary N) is 1. The lowest BCUT2D eigenvalue weighted by molar-refractivity contribution is -0.124. The van der Waals surface area contributed by atoms with Crippen LogP contribution in [0.1, 0.15) is 18.6 Å². The van der Waals surface area contributed by atoms with Crippen LogP contribution in [0.2, 0.25) is 0 Å². The zero-order valence-corrected chi connectivity index (χ0v) is 9.72. The van der Waals surface area contributed by atoms with Gasteiger partial charge < -0.3 is 20.2 Å². The molecule has 3 N–H and O–H groups in total. The molecule has 0 radical (unpaired) electrons. The molecular formula is C12H18N2O3. The first-order valence-corrected chi connectivity index (χ1v) is 5.91. The Morgan fingerprint density at radius 3 is 2.94 bits per heavy atom. The predicted octanol–water partition coefficient (Wildman–Crippen LogP) is 0.650. The molecule has 0 aromatic carbocycles. The highest BCUT2D eigenvalue weighted by atomic mass is 16.5. The summed E-state index contributed by atoms with van der Waals surface area (Å²) in [6.45, 7) is 1.79. The van der Waals surface area contributed by atoms with E-state index in [1.165, 1.54) is 0 Å². The van der Waals surface area contributed by atoms with Gasteiger partial charge in [-0.05, 0) is 30.9 Å². The SMILES string of the molecule is NC(C(=O)NCc1ccco1)C1CCOCC1. The molecule has 0 aliphatic carbocycles. The van der Waals surface area contributed by atoms with Crippen molar-refractivity contribution in [2.24, 2.45) is 11.7 Å². The summed E-state index contributed by atoms with van der Waals surface area (Å²) >= 11 is 0. The standard InChI is InChI=1S/C12H18N2O3/c13-11(9-3-6-16-7-4-9)12(15)14-8-10-2-1-5-17-10/h1-2,5,9,11H,3-4,6-8,13H2,(H,14,15). The number of ether oxygens (including phenoxy) is 1. The van der Waals surface area contributed by atoms with E-state index in [2.05, 4.69) is 5.32 Å². The Morgan fingerprint density at radius 2 is 2.29 bits per heavy atom. The summed E-state index contributed by atoms with van der Waals surface area (Å²) in [5.74, 6) is 0.839. The molecule has 1 atom stereocenters. The number of hydrogen-bond acceptors (Lipinski definition) is 4. The zero-order valence-electron chi connectivity index (χ0n) is 9.72. The maximum atomic E-state index is 11.8. The van der Waals surface area contributed by atoms with Gasteiger partial charge >= 0.3 is 0 Å². The van der Waals surface area contributed by atoms with Crippen LogP contribution < -0.4 is 11.1 Å². The van der Waals surface area contributed by atoms with Gasteiger partial charge in [-0.2, -0.15) is 0 Å². The lowest BCUT2D eigenvalue weighted by Gasteiger charge is -2.26. The first-order valence-electron chi connectivity index (χ1n) is 5.91. The highest BCUT2D eigenvalue weighted by Gasteiger charge is 2.26. The molecule has 0 saturated carbocycles. The van der Waals surface area contributed by atoms with E-state index in [1.54, 1.807) is 12.3 Å². The van der Waals surface area contributed by atoms with E-state index >= 15 is 0 Å². The van der Waals surface area contributed by atoms with Crippen LogP contribution in [0.15, 0.2) is 22.8 Å². The summed E-state index contributed by atoms with van der Waals surface area (Å²) in [7, 11) is 0. The number of carbonyl (C=O) groups is 1. The summed E-state index contributed by atoms with van der Waals surface area (Å²) in [6, 6.07) is 3.16. The Bertz CT molecular complexity index is 345. The Balaban J connectivity index is 1.78. The number of furan rings is 1. The molecule has 1 aromatic rings. The van der Waals surface area contributed by atoms with Crippen LogP contribution in [-0.2, 0) is 16.1 Å². The number of amides is 1. The van der Waals surface area contributed by atoms with Crippen LogP contribution in [0.5, 0.6) is 0 Å². The molecule has 1 aromatic heterocycles. The second-order valence-corrected chi connectivity index (χ2v) is 4.27. The van der Waals surface area contributed by atoms with Gasteiger partial charge in [-0.25, -0.2) is 0 Å². The first-order chi connectivity index (χ1) is 8.27. The van der Waals surface area contributed by atoms with E-state index in [0.29, 0.717) is 19.8 Å². The Kier molecular flexibility index (Phi) is 4.17. The van der Waals surface area contributed by atoms with Crippen molar-refractivity contribution >= 4 is 5.91 Å². The third-order valence-corrected chi connectivity index (χ3v) is 3.09. The maximum Gasteiger partial charge on any atom is 0.237 e. The molecule has 1 fully saturated rings. The van der Waals surface area contributed by atoms with Crippen LogP contribution in [-0.4, -0.2) is 25.2 Å². The molecule has 1 saturated heterocycles. The summed E-state index contributed by atoms with van der Waals surface area (Å²) in [6.07, 6.45) is 3.30. The monoisotopic (exact) mass is 238 g/mol. The van der Waals surface area contributed by atoms with Crippen LogP contribution in [0.3, 0.4) is 0 Å². The third-order valence-electron chi connectivity index (χ3n) is 3.09. The van der Waals surface area contributed by atoms with Gasteiger partial charge in [0.15, 0.2) is 0 Å². The van der Waals surface area contributed by atoms with Crippen molar-refractivity contribution < 1.29 is 13.9 Å². The molecule has 1 aliphatic rings. The summed E-state index contributed by atoms with van der Waals surface area (Å²) in [5.41, 5.74) is 5.93. The van der Waals surface area contributed by atoms with Crippen molar-refractivity contribution in [3.63, 3.8) is 0 Å². The van der Waals surface area contributed by atoms with Crippen LogP contribution in [0, 0.1) is 5.92 Å². The largest absolute Gasteiger partial charge is 0.467 e. The minimum atomic E-state index is -0.450. The molecular weight excluding hydrogens is 220 g/mol. The smallest absolute Gasteiger partial charge is 0.237 e. The molecule has 2 rings (SSSR count). The van der Waals surface area contributed by atoms with Crippen molar-refractivity contribution in [3.05, 3.63) is 24.2 Å². The number of hydrogen-bond donors (Lipinski definition) is 2. The average Bonchev–Trinajstić information content (AvgIpc) is 2.89. The van der Waals surface area contributed by atoms with E-state index < -0.39 is 6.04 Å². The van der Waals surface area contributed by atoms with E-state index in [0.717, 1.165) is 18.6 Å². The number of rotatable bonds is 4. The van der Waals surface area contributed by atoms with Crippen LogP contribution in [0.25, 0.3) is 0 Å². The van der Waals surface area contributed by atoms with Gasteiger partial charge in [0.1, 0.15) is 5.76 Å². The topological polar surface area (TPSA) is 77.5 Å². The molecule has 1 unspecified atom stereocenters. The van der Waals surface area contributed by atoms with Crippen molar-refractivity contribution in [1.29, 1.82) is 0 Å². The van der Waals surface area contributed by atoms with Gasteiger partial charge in [0.2, 0.25) is 5.91 Å². The minimum absolute atomic E-state index is 0.117. The molecule has 1 amide bonds. The summed E-state index contributed by atoms with van der Waals surface area (Å²) in [5, 5.41) is 2.78. The molecule has 5 nitrogen and oxygen atoms in total. The van der Waals surface area contributed by atoms with Crippen molar-refractivity contribution in [2.45, 2.75) is 25.4 Å². The predicted molar refractivity (Wildman–Crippen MR) is 62.1 cm³/mol. The lowest BCUT2D eigenvalue weighted by atomic mass is 9.92. The van der Waals surface area contributed by atoms with Crippen molar-refractivity contribution in [2.75, 3.05) is 13.2 Å². The van der Waals surface area contributed by atoms with E-state index in [1.807, 2.05) is 6.07 Å². The van der Waals surface area contributed by atoms with Crippen LogP contribution in [0.4, 0.5) is 0 Å². The quantitative estimate of drug-likeness (QED) is 0.807. The van der Waals surface area contributed by atoms with E-state index in [4.69, 9.17) is 14.9 Å². The van der Waals surface area contributed by atoms with Gasteiger partial charge in [0.25, 0.3) is 0 Å². The second-order valence-electron chi connectivity index (χ2n) is 4.27. The molecule has 17 heavy (non-hydrogen) atoms.